The Morgan fingerprint density at radius 1 is 1.15 bits per heavy atom. The van der Waals surface area contributed by atoms with Crippen LogP contribution in [0.1, 0.15) is 23.2 Å². The third-order valence-corrected chi connectivity index (χ3v) is 4.70. The van der Waals surface area contributed by atoms with Gasteiger partial charge < -0.3 is 5.32 Å². The highest BCUT2D eigenvalue weighted by atomic mass is 35.5. The van der Waals surface area contributed by atoms with Crippen LogP contribution in [-0.2, 0) is 12.8 Å². The second-order valence-corrected chi connectivity index (χ2v) is 6.55. The lowest BCUT2D eigenvalue weighted by atomic mass is 10.1. The zero-order chi connectivity index (χ0) is 18.1. The van der Waals surface area contributed by atoms with Crippen LogP contribution in [0.5, 0.6) is 0 Å². The molecule has 0 unspecified atom stereocenters. The molecule has 0 amide bonds. The van der Waals surface area contributed by atoms with Gasteiger partial charge in [-0.15, -0.1) is 0 Å². The summed E-state index contributed by atoms with van der Waals surface area (Å²) in [4.78, 5) is 8.63. The lowest BCUT2D eigenvalue weighted by molar-refractivity contribution is 0.630. The van der Waals surface area contributed by atoms with Crippen LogP contribution in [0.2, 0.25) is 5.02 Å². The Hall–Kier alpha value is -2.97. The molecule has 0 atom stereocenters. The minimum absolute atomic E-state index is 0.366. The van der Waals surface area contributed by atoms with E-state index in [1.165, 1.54) is 18.3 Å². The molecule has 0 radical (unpaired) electrons. The monoisotopic (exact) mass is 364 g/mol. The van der Waals surface area contributed by atoms with Crippen molar-refractivity contribution < 1.29 is 4.39 Å². The van der Waals surface area contributed by atoms with E-state index in [2.05, 4.69) is 21.4 Å². The fourth-order valence-corrected chi connectivity index (χ4v) is 3.40. The molecule has 3 aromatic rings. The van der Waals surface area contributed by atoms with Crippen molar-refractivity contribution in [3.05, 3.63) is 70.4 Å². The Morgan fingerprint density at radius 3 is 2.88 bits per heavy atom. The van der Waals surface area contributed by atoms with E-state index < -0.39 is 0 Å². The number of nitrogens with one attached hydrogen (secondary N) is 1. The third kappa shape index (κ3) is 3.00. The van der Waals surface area contributed by atoms with Crippen LogP contribution in [0.15, 0.2) is 42.7 Å². The van der Waals surface area contributed by atoms with Gasteiger partial charge in [0, 0.05) is 34.4 Å². The molecule has 0 saturated heterocycles. The van der Waals surface area contributed by atoms with Gasteiger partial charge in [0.15, 0.2) is 0 Å². The van der Waals surface area contributed by atoms with E-state index in [-0.39, 0.29) is 5.82 Å². The molecule has 1 aromatic carbocycles. The van der Waals surface area contributed by atoms with Crippen LogP contribution in [0.4, 0.5) is 15.8 Å². The molecule has 0 bridgehead atoms. The van der Waals surface area contributed by atoms with Crippen LogP contribution >= 0.6 is 11.6 Å². The number of hydrogen-bond acceptors (Lipinski definition) is 4. The quantitative estimate of drug-likeness (QED) is 0.707. The number of pyridine rings is 2. The van der Waals surface area contributed by atoms with E-state index >= 15 is 0 Å². The number of fused-ring (bicyclic) bond motifs is 1. The van der Waals surface area contributed by atoms with E-state index in [9.17, 15) is 9.65 Å². The Morgan fingerprint density at radius 2 is 2.04 bits per heavy atom. The summed E-state index contributed by atoms with van der Waals surface area (Å²) in [6.45, 7) is 0. The highest BCUT2D eigenvalue weighted by molar-refractivity contribution is 6.30. The first-order valence-corrected chi connectivity index (χ1v) is 8.63. The predicted molar refractivity (Wildman–Crippen MR) is 98.9 cm³/mol. The third-order valence-electron chi connectivity index (χ3n) is 4.47. The second-order valence-electron chi connectivity index (χ2n) is 6.12. The molecule has 0 aliphatic heterocycles. The zero-order valence-electron chi connectivity index (χ0n) is 13.8. The molecule has 0 saturated carbocycles. The second kappa shape index (κ2) is 6.74. The van der Waals surface area contributed by atoms with E-state index in [1.54, 1.807) is 18.3 Å². The van der Waals surface area contributed by atoms with Crippen molar-refractivity contribution in [1.82, 2.24) is 9.97 Å². The Balaban J connectivity index is 1.84. The minimum Gasteiger partial charge on any atom is -0.354 e. The van der Waals surface area contributed by atoms with Gasteiger partial charge in [0.2, 0.25) is 0 Å². The number of aryl methyl sites for hydroxylation is 1. The Labute approximate surface area is 155 Å². The molecular formula is C20H14ClFN4. The van der Waals surface area contributed by atoms with Crippen LogP contribution in [0, 0.1) is 17.1 Å². The van der Waals surface area contributed by atoms with Gasteiger partial charge >= 0.3 is 0 Å². The number of aromatic nitrogens is 2. The molecule has 26 heavy (non-hydrogen) atoms. The van der Waals surface area contributed by atoms with E-state index in [4.69, 9.17) is 11.6 Å². The van der Waals surface area contributed by atoms with Crippen molar-refractivity contribution in [2.45, 2.75) is 19.3 Å². The molecule has 2 aromatic heterocycles. The minimum atomic E-state index is -0.368. The van der Waals surface area contributed by atoms with Gasteiger partial charge in [0.1, 0.15) is 11.9 Å². The Kier molecular flexibility index (Phi) is 4.27. The zero-order valence-corrected chi connectivity index (χ0v) is 14.5. The maximum Gasteiger partial charge on any atom is 0.132 e. The van der Waals surface area contributed by atoms with Crippen molar-refractivity contribution in [2.75, 3.05) is 5.32 Å². The highest BCUT2D eigenvalue weighted by Crippen LogP contribution is 2.35. The molecule has 128 valence electrons. The molecular weight excluding hydrogens is 351 g/mol. The number of hydrogen-bond donors (Lipinski definition) is 1. The smallest absolute Gasteiger partial charge is 0.132 e. The van der Waals surface area contributed by atoms with Crippen molar-refractivity contribution in [3.63, 3.8) is 0 Å². The molecule has 4 rings (SSSR count). The molecule has 0 spiro atoms. The summed E-state index contributed by atoms with van der Waals surface area (Å²) in [5, 5.41) is 13.1. The van der Waals surface area contributed by atoms with Crippen LogP contribution in [-0.4, -0.2) is 9.97 Å². The molecule has 1 aliphatic carbocycles. The van der Waals surface area contributed by atoms with E-state index in [1.807, 2.05) is 6.07 Å². The van der Waals surface area contributed by atoms with Gasteiger partial charge in [0.05, 0.1) is 16.9 Å². The Bertz CT molecular complexity index is 1040. The van der Waals surface area contributed by atoms with Gasteiger partial charge in [-0.2, -0.15) is 5.26 Å². The summed E-state index contributed by atoms with van der Waals surface area (Å²) >= 11 is 6.04. The summed E-state index contributed by atoms with van der Waals surface area (Å²) in [6.07, 6.45) is 5.89. The highest BCUT2D eigenvalue weighted by Gasteiger charge is 2.20. The molecule has 2 heterocycles. The van der Waals surface area contributed by atoms with Crippen molar-refractivity contribution in [3.8, 4) is 17.3 Å². The number of nitrogens with zero attached hydrogens (tertiary/aromatic N) is 3. The first-order valence-electron chi connectivity index (χ1n) is 8.25. The normalized spacial score (nSPS) is 12.5. The van der Waals surface area contributed by atoms with Gasteiger partial charge in [-0.3, -0.25) is 9.97 Å². The summed E-state index contributed by atoms with van der Waals surface area (Å²) in [5.41, 5.74) is 4.91. The molecule has 6 heteroatoms. The van der Waals surface area contributed by atoms with Gasteiger partial charge in [-0.05, 0) is 55.2 Å². The summed E-state index contributed by atoms with van der Waals surface area (Å²) < 4.78 is 14.3. The summed E-state index contributed by atoms with van der Waals surface area (Å²) in [5.74, 6) is -0.368. The number of nitriles is 1. The lowest BCUT2D eigenvalue weighted by Crippen LogP contribution is -2.02. The van der Waals surface area contributed by atoms with Gasteiger partial charge in [-0.1, -0.05) is 11.6 Å². The van der Waals surface area contributed by atoms with Crippen molar-refractivity contribution in [2.24, 2.45) is 0 Å². The van der Waals surface area contributed by atoms with Gasteiger partial charge in [0.25, 0.3) is 0 Å². The number of anilines is 2. The first-order chi connectivity index (χ1) is 12.7. The average molecular weight is 365 g/mol. The fraction of sp³-hybridized carbons (Fsp3) is 0.150. The first kappa shape index (κ1) is 16.5. The van der Waals surface area contributed by atoms with Crippen LogP contribution < -0.4 is 5.32 Å². The van der Waals surface area contributed by atoms with Crippen molar-refractivity contribution in [1.29, 1.82) is 5.26 Å². The topological polar surface area (TPSA) is 61.6 Å². The molecule has 4 nitrogen and oxygen atoms in total. The summed E-state index contributed by atoms with van der Waals surface area (Å²) in [7, 11) is 0. The number of halogens is 2. The van der Waals surface area contributed by atoms with E-state index in [0.717, 1.165) is 36.2 Å². The van der Waals surface area contributed by atoms with Crippen LogP contribution in [0.3, 0.4) is 0 Å². The van der Waals surface area contributed by atoms with Crippen molar-refractivity contribution >= 4 is 23.0 Å². The molecule has 0 fully saturated rings. The predicted octanol–water partition coefficient (Wildman–Crippen LogP) is 5.04. The molecule has 1 N–H and O–H groups in total. The maximum absolute atomic E-state index is 14.3. The maximum atomic E-state index is 14.3. The number of rotatable bonds is 3. The number of benzene rings is 1. The molecule has 1 aliphatic rings. The van der Waals surface area contributed by atoms with Crippen LogP contribution in [0.25, 0.3) is 11.3 Å². The van der Waals surface area contributed by atoms with Gasteiger partial charge in [-0.25, -0.2) is 4.39 Å². The summed E-state index contributed by atoms with van der Waals surface area (Å²) in [6, 6.07) is 10.1. The fourth-order valence-electron chi connectivity index (χ4n) is 3.22. The lowest BCUT2D eigenvalue weighted by Gasteiger charge is -2.15. The SMILES string of the molecule is N#Cc1cnccc1Nc1cc(-c2cc(Cl)ccc2F)nc2c1CCC2. The largest absolute Gasteiger partial charge is 0.354 e. The van der Waals surface area contributed by atoms with E-state index in [0.29, 0.717) is 27.5 Å². The average Bonchev–Trinajstić information content (AvgIpc) is 3.13. The standard InChI is InChI=1S/C20H14ClFN4/c21-13-4-5-16(22)15(8-13)20-9-19(14-2-1-3-18(14)26-20)25-17-6-7-24-11-12(17)10-23/h4-9,11H,1-3H2,(H,24,25,26).